The van der Waals surface area contributed by atoms with Crippen LogP contribution in [0.3, 0.4) is 0 Å². The molecule has 1 unspecified atom stereocenters. The van der Waals surface area contributed by atoms with Crippen molar-refractivity contribution in [2.75, 3.05) is 19.6 Å². The highest BCUT2D eigenvalue weighted by Gasteiger charge is 2.34. The lowest BCUT2D eigenvalue weighted by atomic mass is 9.84. The topological polar surface area (TPSA) is 32.3 Å². The van der Waals surface area contributed by atoms with E-state index in [0.29, 0.717) is 12.0 Å². The molecule has 3 saturated heterocycles. The zero-order chi connectivity index (χ0) is 13.9. The van der Waals surface area contributed by atoms with Crippen molar-refractivity contribution < 1.29 is 4.79 Å². The summed E-state index contributed by atoms with van der Waals surface area (Å²) < 4.78 is 0. The van der Waals surface area contributed by atoms with Crippen LogP contribution in [0.15, 0.2) is 30.3 Å². The maximum absolute atomic E-state index is 12.1. The highest BCUT2D eigenvalue weighted by molar-refractivity contribution is 5.92. The molecule has 3 heteroatoms. The van der Waals surface area contributed by atoms with E-state index in [9.17, 15) is 4.79 Å². The standard InChI is InChI=1S/C17H22N2O/c1-13-4-2-3-5-14(13)6-7-17(20)18-16-12-19-10-8-15(16)9-11-19/h2-7,15-16H,8-12H2,1H3,(H,18,20)/b7-6+. The average Bonchev–Trinajstić information content (AvgIpc) is 2.48. The molecule has 0 aromatic heterocycles. The second-order valence-electron chi connectivity index (χ2n) is 5.94. The Morgan fingerprint density at radius 2 is 2.05 bits per heavy atom. The van der Waals surface area contributed by atoms with Crippen molar-refractivity contribution >= 4 is 12.0 Å². The monoisotopic (exact) mass is 270 g/mol. The van der Waals surface area contributed by atoms with Gasteiger partial charge >= 0.3 is 0 Å². The number of hydrogen-bond acceptors (Lipinski definition) is 2. The van der Waals surface area contributed by atoms with Gasteiger partial charge in [-0.05, 0) is 56.0 Å². The third-order valence-corrected chi connectivity index (χ3v) is 4.59. The third-order valence-electron chi connectivity index (χ3n) is 4.59. The quantitative estimate of drug-likeness (QED) is 0.854. The first-order valence-electron chi connectivity index (χ1n) is 7.49. The lowest BCUT2D eigenvalue weighted by Crippen LogP contribution is -2.57. The van der Waals surface area contributed by atoms with Gasteiger partial charge in [0.15, 0.2) is 0 Å². The minimum atomic E-state index is 0.0343. The number of nitrogens with zero attached hydrogens (tertiary/aromatic N) is 1. The summed E-state index contributed by atoms with van der Waals surface area (Å²) in [7, 11) is 0. The zero-order valence-electron chi connectivity index (χ0n) is 12.0. The normalized spacial score (nSPS) is 28.8. The van der Waals surface area contributed by atoms with Gasteiger partial charge in [-0.15, -0.1) is 0 Å². The number of carbonyl (C=O) groups excluding carboxylic acids is 1. The lowest BCUT2D eigenvalue weighted by molar-refractivity contribution is -0.118. The summed E-state index contributed by atoms with van der Waals surface area (Å²) in [6.07, 6.45) is 6.03. The van der Waals surface area contributed by atoms with E-state index in [0.717, 1.165) is 12.1 Å². The maximum Gasteiger partial charge on any atom is 0.244 e. The van der Waals surface area contributed by atoms with Crippen LogP contribution in [0.25, 0.3) is 6.08 Å². The van der Waals surface area contributed by atoms with E-state index < -0.39 is 0 Å². The predicted molar refractivity (Wildman–Crippen MR) is 81.3 cm³/mol. The van der Waals surface area contributed by atoms with Crippen LogP contribution in [0.2, 0.25) is 0 Å². The smallest absolute Gasteiger partial charge is 0.244 e. The maximum atomic E-state index is 12.1. The van der Waals surface area contributed by atoms with Crippen LogP contribution >= 0.6 is 0 Å². The van der Waals surface area contributed by atoms with E-state index in [1.165, 1.54) is 31.5 Å². The summed E-state index contributed by atoms with van der Waals surface area (Å²) in [5.41, 5.74) is 2.30. The molecule has 4 rings (SSSR count). The van der Waals surface area contributed by atoms with Gasteiger partial charge in [0.2, 0.25) is 5.91 Å². The number of benzene rings is 1. The first kappa shape index (κ1) is 13.4. The van der Waals surface area contributed by atoms with Crippen LogP contribution in [0.1, 0.15) is 24.0 Å². The highest BCUT2D eigenvalue weighted by Crippen LogP contribution is 2.27. The summed E-state index contributed by atoms with van der Waals surface area (Å²) >= 11 is 0. The fraction of sp³-hybridized carbons (Fsp3) is 0.471. The summed E-state index contributed by atoms with van der Waals surface area (Å²) in [6, 6.07) is 8.45. The van der Waals surface area contributed by atoms with Crippen molar-refractivity contribution in [1.82, 2.24) is 10.2 Å². The van der Waals surface area contributed by atoms with Gasteiger partial charge in [-0.2, -0.15) is 0 Å². The first-order valence-corrected chi connectivity index (χ1v) is 7.49. The molecular formula is C17H22N2O. The van der Waals surface area contributed by atoms with Crippen molar-refractivity contribution in [3.8, 4) is 0 Å². The Hall–Kier alpha value is -1.61. The SMILES string of the molecule is Cc1ccccc1/C=C/C(=O)NC1CN2CCC1CC2. The number of hydrogen-bond donors (Lipinski definition) is 1. The van der Waals surface area contributed by atoms with E-state index in [1.807, 2.05) is 24.3 Å². The molecule has 0 spiro atoms. The minimum Gasteiger partial charge on any atom is -0.348 e. The molecule has 0 aliphatic carbocycles. The summed E-state index contributed by atoms with van der Waals surface area (Å²) in [4.78, 5) is 14.5. The van der Waals surface area contributed by atoms with Crippen molar-refractivity contribution in [3.05, 3.63) is 41.5 Å². The van der Waals surface area contributed by atoms with E-state index in [4.69, 9.17) is 0 Å². The Labute approximate surface area is 120 Å². The zero-order valence-corrected chi connectivity index (χ0v) is 12.0. The van der Waals surface area contributed by atoms with Crippen molar-refractivity contribution in [2.45, 2.75) is 25.8 Å². The van der Waals surface area contributed by atoms with Gasteiger partial charge in [0.1, 0.15) is 0 Å². The molecule has 3 aliphatic heterocycles. The van der Waals surface area contributed by atoms with Crippen molar-refractivity contribution in [3.63, 3.8) is 0 Å². The number of amides is 1. The molecule has 1 atom stereocenters. The van der Waals surface area contributed by atoms with Gasteiger partial charge < -0.3 is 10.2 Å². The van der Waals surface area contributed by atoms with E-state index >= 15 is 0 Å². The number of piperidine rings is 3. The molecule has 0 radical (unpaired) electrons. The Morgan fingerprint density at radius 3 is 2.70 bits per heavy atom. The van der Waals surface area contributed by atoms with Crippen LogP contribution < -0.4 is 5.32 Å². The molecule has 1 aromatic rings. The molecule has 0 saturated carbocycles. The van der Waals surface area contributed by atoms with Crippen LogP contribution in [-0.2, 0) is 4.79 Å². The molecule has 1 N–H and O–H groups in total. The van der Waals surface area contributed by atoms with Gasteiger partial charge in [-0.1, -0.05) is 24.3 Å². The molecular weight excluding hydrogens is 248 g/mol. The molecule has 3 nitrogen and oxygen atoms in total. The van der Waals surface area contributed by atoms with E-state index in [2.05, 4.69) is 23.2 Å². The molecule has 3 aliphatic rings. The minimum absolute atomic E-state index is 0.0343. The largest absolute Gasteiger partial charge is 0.348 e. The van der Waals surface area contributed by atoms with Crippen LogP contribution in [0.4, 0.5) is 0 Å². The van der Waals surface area contributed by atoms with Gasteiger partial charge in [-0.25, -0.2) is 0 Å². The molecule has 3 fully saturated rings. The molecule has 20 heavy (non-hydrogen) atoms. The molecule has 1 amide bonds. The van der Waals surface area contributed by atoms with Gasteiger partial charge in [0.05, 0.1) is 0 Å². The van der Waals surface area contributed by atoms with Crippen LogP contribution in [0, 0.1) is 12.8 Å². The van der Waals surface area contributed by atoms with Crippen molar-refractivity contribution in [1.29, 1.82) is 0 Å². The highest BCUT2D eigenvalue weighted by atomic mass is 16.1. The second-order valence-corrected chi connectivity index (χ2v) is 5.94. The van der Waals surface area contributed by atoms with E-state index in [1.54, 1.807) is 6.08 Å². The third kappa shape index (κ3) is 2.93. The number of aryl methyl sites for hydroxylation is 1. The average molecular weight is 270 g/mol. The Kier molecular flexibility index (Phi) is 3.88. The number of rotatable bonds is 3. The van der Waals surface area contributed by atoms with Crippen LogP contribution in [-0.4, -0.2) is 36.5 Å². The second kappa shape index (κ2) is 5.80. The first-order chi connectivity index (χ1) is 9.72. The van der Waals surface area contributed by atoms with Gasteiger partial charge in [0, 0.05) is 18.7 Å². The number of nitrogens with one attached hydrogen (secondary N) is 1. The predicted octanol–water partition coefficient (Wildman–Crippen LogP) is 2.22. The Balaban J connectivity index is 1.59. The fourth-order valence-corrected chi connectivity index (χ4v) is 3.30. The Bertz CT molecular complexity index is 515. The molecule has 3 heterocycles. The lowest BCUT2D eigenvalue weighted by Gasteiger charge is -2.44. The number of carbonyl (C=O) groups is 1. The van der Waals surface area contributed by atoms with Crippen LogP contribution in [0.5, 0.6) is 0 Å². The summed E-state index contributed by atoms with van der Waals surface area (Å²) in [5, 5.41) is 3.17. The van der Waals surface area contributed by atoms with E-state index in [-0.39, 0.29) is 5.91 Å². The van der Waals surface area contributed by atoms with Gasteiger partial charge in [0.25, 0.3) is 0 Å². The molecule has 2 bridgehead atoms. The Morgan fingerprint density at radius 1 is 1.30 bits per heavy atom. The molecule has 1 aromatic carbocycles. The fourth-order valence-electron chi connectivity index (χ4n) is 3.30. The summed E-state index contributed by atoms with van der Waals surface area (Å²) in [5.74, 6) is 0.711. The number of fused-ring (bicyclic) bond motifs is 3. The molecule has 106 valence electrons. The summed E-state index contributed by atoms with van der Waals surface area (Å²) in [6.45, 7) is 5.49. The van der Waals surface area contributed by atoms with Crippen molar-refractivity contribution in [2.24, 2.45) is 5.92 Å². The van der Waals surface area contributed by atoms with Gasteiger partial charge in [-0.3, -0.25) is 4.79 Å².